The fourth-order valence-electron chi connectivity index (χ4n) is 2.24. The van der Waals surface area contributed by atoms with Crippen molar-refractivity contribution >= 4 is 21.8 Å². The Bertz CT molecular complexity index is 408. The highest BCUT2D eigenvalue weighted by atomic mass is 79.9. The number of hydrogen-bond acceptors (Lipinski definition) is 2. The van der Waals surface area contributed by atoms with E-state index in [9.17, 15) is 9.90 Å². The Morgan fingerprint density at radius 3 is 2.94 bits per heavy atom. The molecule has 3 nitrogen and oxygen atoms in total. The minimum absolute atomic E-state index is 0.0278. The van der Waals surface area contributed by atoms with Crippen LogP contribution >= 0.6 is 15.9 Å². The molecule has 0 aliphatic carbocycles. The number of likely N-dealkylation sites (N-methyl/N-ethyl adjacent to an activating group) is 1. The zero-order valence-electron chi connectivity index (χ0n) is 9.06. The summed E-state index contributed by atoms with van der Waals surface area (Å²) < 4.78 is 0.965. The molecule has 0 spiro atoms. The fourth-order valence-corrected chi connectivity index (χ4v) is 2.65. The third kappa shape index (κ3) is 1.99. The Hall–Kier alpha value is -0.870. The molecule has 1 aromatic carbocycles. The molecule has 1 aliphatic rings. The van der Waals surface area contributed by atoms with Crippen LogP contribution in [-0.2, 0) is 4.79 Å². The molecule has 0 saturated carbocycles. The van der Waals surface area contributed by atoms with Crippen LogP contribution in [-0.4, -0.2) is 28.6 Å². The minimum atomic E-state index is -0.596. The second-order valence-electron chi connectivity index (χ2n) is 3.95. The monoisotopic (exact) mass is 283 g/mol. The van der Waals surface area contributed by atoms with Gasteiger partial charge in [0.05, 0.1) is 18.6 Å². The highest BCUT2D eigenvalue weighted by Crippen LogP contribution is 2.33. The van der Waals surface area contributed by atoms with Crippen molar-refractivity contribution in [3.63, 3.8) is 0 Å². The molecule has 2 unspecified atom stereocenters. The van der Waals surface area contributed by atoms with Gasteiger partial charge in [-0.2, -0.15) is 0 Å². The Kier molecular flexibility index (Phi) is 3.30. The molecule has 0 aromatic heterocycles. The molecule has 86 valence electrons. The molecule has 1 saturated heterocycles. The summed E-state index contributed by atoms with van der Waals surface area (Å²) in [6.07, 6.45) is -0.368. The third-order valence-corrected chi connectivity index (χ3v) is 3.43. The summed E-state index contributed by atoms with van der Waals surface area (Å²) in [5.74, 6) is 0.0278. The average molecular weight is 284 g/mol. The second-order valence-corrected chi connectivity index (χ2v) is 4.87. The first-order valence-electron chi connectivity index (χ1n) is 5.36. The zero-order valence-corrected chi connectivity index (χ0v) is 10.6. The molecule has 4 heteroatoms. The molecule has 2 atom stereocenters. The van der Waals surface area contributed by atoms with Crippen LogP contribution in [0.2, 0.25) is 0 Å². The Morgan fingerprint density at radius 2 is 2.31 bits per heavy atom. The molecular weight excluding hydrogens is 270 g/mol. The predicted molar refractivity (Wildman–Crippen MR) is 64.9 cm³/mol. The summed E-state index contributed by atoms with van der Waals surface area (Å²) in [5, 5.41) is 9.93. The number of carbonyl (C=O) groups excluding carboxylic acids is 1. The van der Waals surface area contributed by atoms with Gasteiger partial charge in [-0.25, -0.2) is 0 Å². The molecule has 1 amide bonds. The maximum atomic E-state index is 11.6. The molecule has 1 fully saturated rings. The molecule has 1 aromatic rings. The van der Waals surface area contributed by atoms with Crippen LogP contribution in [0.3, 0.4) is 0 Å². The number of likely N-dealkylation sites (tertiary alicyclic amines) is 1. The number of nitrogens with zero attached hydrogens (tertiary/aromatic N) is 1. The van der Waals surface area contributed by atoms with E-state index >= 15 is 0 Å². The lowest BCUT2D eigenvalue weighted by atomic mass is 10.0. The van der Waals surface area contributed by atoms with Gasteiger partial charge in [0, 0.05) is 11.0 Å². The average Bonchev–Trinajstić information content (AvgIpc) is 2.52. The van der Waals surface area contributed by atoms with Crippen molar-refractivity contribution in [3.8, 4) is 0 Å². The van der Waals surface area contributed by atoms with E-state index in [2.05, 4.69) is 15.9 Å². The summed E-state index contributed by atoms with van der Waals surface area (Å²) in [6.45, 7) is 2.56. The standard InChI is InChI=1S/C12H14BrNO2/c1-2-14-11(16)7-10(15)12(14)8-4-3-5-9(13)6-8/h3-6,10,12,15H,2,7H2,1H3. The van der Waals surface area contributed by atoms with Gasteiger partial charge in [-0.15, -0.1) is 0 Å². The van der Waals surface area contributed by atoms with Crippen molar-refractivity contribution in [3.05, 3.63) is 34.3 Å². The van der Waals surface area contributed by atoms with E-state index in [0.29, 0.717) is 6.54 Å². The topological polar surface area (TPSA) is 40.5 Å². The van der Waals surface area contributed by atoms with E-state index < -0.39 is 6.10 Å². The molecular formula is C12H14BrNO2. The van der Waals surface area contributed by atoms with Gasteiger partial charge < -0.3 is 10.0 Å². The van der Waals surface area contributed by atoms with Gasteiger partial charge in [0.2, 0.25) is 5.91 Å². The van der Waals surface area contributed by atoms with Gasteiger partial charge in [-0.3, -0.25) is 4.79 Å². The predicted octanol–water partition coefficient (Wildman–Crippen LogP) is 2.10. The smallest absolute Gasteiger partial charge is 0.225 e. The largest absolute Gasteiger partial charge is 0.390 e. The Morgan fingerprint density at radius 1 is 1.56 bits per heavy atom. The van der Waals surface area contributed by atoms with Gasteiger partial charge >= 0.3 is 0 Å². The SMILES string of the molecule is CCN1C(=O)CC(O)C1c1cccc(Br)c1. The van der Waals surface area contributed by atoms with E-state index in [0.717, 1.165) is 10.0 Å². The minimum Gasteiger partial charge on any atom is -0.390 e. The highest BCUT2D eigenvalue weighted by Gasteiger charge is 2.38. The van der Waals surface area contributed by atoms with Crippen LogP contribution in [0.15, 0.2) is 28.7 Å². The number of rotatable bonds is 2. The van der Waals surface area contributed by atoms with Crippen molar-refractivity contribution in [2.75, 3.05) is 6.54 Å². The van der Waals surface area contributed by atoms with E-state index in [1.807, 2.05) is 31.2 Å². The lowest BCUT2D eigenvalue weighted by Crippen LogP contribution is -2.29. The van der Waals surface area contributed by atoms with Crippen molar-refractivity contribution in [2.45, 2.75) is 25.5 Å². The third-order valence-electron chi connectivity index (χ3n) is 2.94. The first-order chi connectivity index (χ1) is 7.63. The Balaban J connectivity index is 2.35. The molecule has 0 radical (unpaired) electrons. The molecule has 1 heterocycles. The molecule has 16 heavy (non-hydrogen) atoms. The summed E-state index contributed by atoms with van der Waals surface area (Å²) >= 11 is 3.40. The lowest BCUT2D eigenvalue weighted by Gasteiger charge is -2.25. The summed E-state index contributed by atoms with van der Waals surface area (Å²) in [6, 6.07) is 7.55. The van der Waals surface area contributed by atoms with Crippen LogP contribution in [0.4, 0.5) is 0 Å². The summed E-state index contributed by atoms with van der Waals surface area (Å²) in [5.41, 5.74) is 0.981. The van der Waals surface area contributed by atoms with Crippen LogP contribution < -0.4 is 0 Å². The Labute approximate surface area is 103 Å². The first-order valence-corrected chi connectivity index (χ1v) is 6.15. The highest BCUT2D eigenvalue weighted by molar-refractivity contribution is 9.10. The van der Waals surface area contributed by atoms with E-state index in [1.54, 1.807) is 4.90 Å². The van der Waals surface area contributed by atoms with Crippen LogP contribution in [0.1, 0.15) is 24.9 Å². The molecule has 1 aliphatic heterocycles. The number of benzene rings is 1. The number of aliphatic hydroxyl groups is 1. The van der Waals surface area contributed by atoms with E-state index in [-0.39, 0.29) is 18.4 Å². The number of hydrogen-bond donors (Lipinski definition) is 1. The number of amides is 1. The van der Waals surface area contributed by atoms with Crippen molar-refractivity contribution < 1.29 is 9.90 Å². The van der Waals surface area contributed by atoms with Crippen molar-refractivity contribution in [2.24, 2.45) is 0 Å². The molecule has 2 rings (SSSR count). The van der Waals surface area contributed by atoms with Gasteiger partial charge in [0.1, 0.15) is 0 Å². The van der Waals surface area contributed by atoms with Gasteiger partial charge in [-0.1, -0.05) is 28.1 Å². The maximum Gasteiger partial charge on any atom is 0.225 e. The van der Waals surface area contributed by atoms with E-state index in [1.165, 1.54) is 0 Å². The van der Waals surface area contributed by atoms with Gasteiger partial charge in [0.25, 0.3) is 0 Å². The zero-order chi connectivity index (χ0) is 11.7. The van der Waals surface area contributed by atoms with Gasteiger partial charge in [-0.05, 0) is 24.6 Å². The quantitative estimate of drug-likeness (QED) is 0.903. The fraction of sp³-hybridized carbons (Fsp3) is 0.417. The van der Waals surface area contributed by atoms with E-state index in [4.69, 9.17) is 0 Å². The number of halogens is 1. The van der Waals surface area contributed by atoms with Crippen LogP contribution in [0, 0.1) is 0 Å². The van der Waals surface area contributed by atoms with Crippen molar-refractivity contribution in [1.29, 1.82) is 0 Å². The van der Waals surface area contributed by atoms with Gasteiger partial charge in [0.15, 0.2) is 0 Å². The molecule has 0 bridgehead atoms. The summed E-state index contributed by atoms with van der Waals surface area (Å²) in [4.78, 5) is 13.4. The maximum absolute atomic E-state index is 11.6. The normalized spacial score (nSPS) is 25.2. The first kappa shape index (κ1) is 11.6. The van der Waals surface area contributed by atoms with Crippen LogP contribution in [0.25, 0.3) is 0 Å². The number of carbonyl (C=O) groups is 1. The van der Waals surface area contributed by atoms with Crippen molar-refractivity contribution in [1.82, 2.24) is 4.90 Å². The molecule has 1 N–H and O–H groups in total. The summed E-state index contributed by atoms with van der Waals surface area (Å²) in [7, 11) is 0. The second kappa shape index (κ2) is 4.55. The number of aliphatic hydroxyl groups excluding tert-OH is 1. The lowest BCUT2D eigenvalue weighted by molar-refractivity contribution is -0.128. The van der Waals surface area contributed by atoms with Crippen LogP contribution in [0.5, 0.6) is 0 Å².